The molecule has 100 valence electrons. The van der Waals surface area contributed by atoms with Crippen LogP contribution in [0.25, 0.3) is 0 Å². The second kappa shape index (κ2) is 5.94. The highest BCUT2D eigenvalue weighted by atomic mass is 16.5. The Morgan fingerprint density at radius 1 is 1.37 bits per heavy atom. The number of nitrogens with one attached hydrogen (secondary N) is 2. The lowest BCUT2D eigenvalue weighted by Gasteiger charge is -2.07. The van der Waals surface area contributed by atoms with Crippen LogP contribution in [-0.2, 0) is 6.54 Å². The van der Waals surface area contributed by atoms with Crippen LogP contribution >= 0.6 is 0 Å². The third-order valence-corrected chi connectivity index (χ3v) is 2.29. The third-order valence-electron chi connectivity index (χ3n) is 2.29. The maximum absolute atomic E-state index is 11.3. The van der Waals surface area contributed by atoms with E-state index in [0.717, 1.165) is 0 Å². The minimum atomic E-state index is -0.165. The molecule has 0 saturated carbocycles. The van der Waals surface area contributed by atoms with Gasteiger partial charge in [-0.2, -0.15) is 0 Å². The molecule has 0 atom stereocenters. The minimum absolute atomic E-state index is 0.165. The molecule has 7 nitrogen and oxygen atoms in total. The molecule has 2 heterocycles. The van der Waals surface area contributed by atoms with E-state index in [9.17, 15) is 4.79 Å². The van der Waals surface area contributed by atoms with E-state index in [0.29, 0.717) is 36.4 Å². The summed E-state index contributed by atoms with van der Waals surface area (Å²) in [6, 6.07) is 3.14. The largest absolute Gasteiger partial charge is 0.478 e. The number of H-pyrrole nitrogens is 1. The molecule has 0 aromatic carbocycles. The second-order valence-corrected chi connectivity index (χ2v) is 3.86. The topological polar surface area (TPSA) is 92.8 Å². The van der Waals surface area contributed by atoms with Crippen molar-refractivity contribution in [2.45, 2.75) is 20.4 Å². The van der Waals surface area contributed by atoms with E-state index in [-0.39, 0.29) is 5.56 Å². The molecule has 0 aliphatic heterocycles. The number of hydrogen-bond donors (Lipinski definition) is 2. The number of aromatic nitrogens is 4. The van der Waals surface area contributed by atoms with Gasteiger partial charge in [0.05, 0.1) is 13.2 Å². The lowest BCUT2D eigenvalue weighted by Crippen LogP contribution is -2.14. The van der Waals surface area contributed by atoms with Crippen LogP contribution in [-0.4, -0.2) is 26.5 Å². The number of aryl methyl sites for hydroxylation is 1. The Morgan fingerprint density at radius 3 is 2.95 bits per heavy atom. The molecule has 0 saturated heterocycles. The van der Waals surface area contributed by atoms with Crippen LogP contribution in [0, 0.1) is 6.92 Å². The van der Waals surface area contributed by atoms with Gasteiger partial charge in [0.2, 0.25) is 5.88 Å². The molecule has 0 bridgehead atoms. The molecule has 0 amide bonds. The van der Waals surface area contributed by atoms with Gasteiger partial charge in [-0.1, -0.05) is 0 Å². The molecule has 0 unspecified atom stereocenters. The predicted octanol–water partition coefficient (Wildman–Crippen LogP) is 0.879. The minimum Gasteiger partial charge on any atom is -0.478 e. The number of anilines is 1. The molecular formula is C12H15N5O2. The quantitative estimate of drug-likeness (QED) is 0.830. The van der Waals surface area contributed by atoms with Gasteiger partial charge in [0.15, 0.2) is 0 Å². The SMILES string of the molecule is CCOc1cc(NCc2nc(C)cc(=O)[nH]2)ncn1. The van der Waals surface area contributed by atoms with Gasteiger partial charge < -0.3 is 15.0 Å². The van der Waals surface area contributed by atoms with Crippen molar-refractivity contribution < 1.29 is 4.74 Å². The lowest BCUT2D eigenvalue weighted by atomic mass is 10.4. The summed E-state index contributed by atoms with van der Waals surface area (Å²) in [5, 5.41) is 3.05. The van der Waals surface area contributed by atoms with Gasteiger partial charge in [0.25, 0.3) is 5.56 Å². The molecule has 19 heavy (non-hydrogen) atoms. The van der Waals surface area contributed by atoms with Gasteiger partial charge in [0.1, 0.15) is 18.0 Å². The normalized spacial score (nSPS) is 10.2. The van der Waals surface area contributed by atoms with Crippen LogP contribution in [0.3, 0.4) is 0 Å². The fraction of sp³-hybridized carbons (Fsp3) is 0.333. The summed E-state index contributed by atoms with van der Waals surface area (Å²) < 4.78 is 5.27. The van der Waals surface area contributed by atoms with Crippen LogP contribution in [0.15, 0.2) is 23.3 Å². The number of hydrogen-bond acceptors (Lipinski definition) is 6. The Kier molecular flexibility index (Phi) is 4.07. The van der Waals surface area contributed by atoms with Gasteiger partial charge in [-0.25, -0.2) is 15.0 Å². The molecule has 2 aromatic rings. The molecule has 2 rings (SSSR count). The number of rotatable bonds is 5. The first kappa shape index (κ1) is 13.0. The van der Waals surface area contributed by atoms with Crippen LogP contribution in [0.2, 0.25) is 0 Å². The van der Waals surface area contributed by atoms with Crippen molar-refractivity contribution in [3.05, 3.63) is 40.3 Å². The molecule has 0 aliphatic rings. The van der Waals surface area contributed by atoms with Gasteiger partial charge in [0, 0.05) is 17.8 Å². The zero-order valence-electron chi connectivity index (χ0n) is 10.8. The van der Waals surface area contributed by atoms with E-state index >= 15 is 0 Å². The Bertz CT molecular complexity index is 611. The fourth-order valence-electron chi connectivity index (χ4n) is 1.56. The van der Waals surface area contributed by atoms with E-state index in [2.05, 4.69) is 25.3 Å². The first-order valence-electron chi connectivity index (χ1n) is 5.93. The van der Waals surface area contributed by atoms with E-state index in [1.165, 1.54) is 12.4 Å². The highest BCUT2D eigenvalue weighted by Crippen LogP contribution is 2.11. The van der Waals surface area contributed by atoms with Crippen LogP contribution in [0.4, 0.5) is 5.82 Å². The van der Waals surface area contributed by atoms with Gasteiger partial charge >= 0.3 is 0 Å². The highest BCUT2D eigenvalue weighted by Gasteiger charge is 2.01. The van der Waals surface area contributed by atoms with Gasteiger partial charge in [-0.15, -0.1) is 0 Å². The van der Waals surface area contributed by atoms with Crippen LogP contribution < -0.4 is 15.6 Å². The van der Waals surface area contributed by atoms with E-state index in [1.54, 1.807) is 13.0 Å². The van der Waals surface area contributed by atoms with Crippen molar-refractivity contribution in [3.8, 4) is 5.88 Å². The summed E-state index contributed by atoms with van der Waals surface area (Å²) in [6.07, 6.45) is 1.42. The summed E-state index contributed by atoms with van der Waals surface area (Å²) >= 11 is 0. The number of ether oxygens (including phenoxy) is 1. The van der Waals surface area contributed by atoms with Gasteiger partial charge in [-0.05, 0) is 13.8 Å². The molecule has 2 aromatic heterocycles. The van der Waals surface area contributed by atoms with Gasteiger partial charge in [-0.3, -0.25) is 4.79 Å². The fourth-order valence-corrected chi connectivity index (χ4v) is 1.56. The Labute approximate surface area is 110 Å². The smallest absolute Gasteiger partial charge is 0.251 e. The zero-order chi connectivity index (χ0) is 13.7. The molecule has 0 aliphatic carbocycles. The van der Waals surface area contributed by atoms with Crippen molar-refractivity contribution in [3.63, 3.8) is 0 Å². The highest BCUT2D eigenvalue weighted by molar-refractivity contribution is 5.37. The van der Waals surface area contributed by atoms with E-state index in [1.807, 2.05) is 6.92 Å². The average Bonchev–Trinajstić information content (AvgIpc) is 2.36. The van der Waals surface area contributed by atoms with E-state index in [4.69, 9.17) is 4.74 Å². The monoisotopic (exact) mass is 261 g/mol. The predicted molar refractivity (Wildman–Crippen MR) is 70.1 cm³/mol. The molecule has 7 heteroatoms. The van der Waals surface area contributed by atoms with Crippen molar-refractivity contribution >= 4 is 5.82 Å². The molecule has 0 fully saturated rings. The molecule has 0 spiro atoms. The summed E-state index contributed by atoms with van der Waals surface area (Å²) in [6.45, 7) is 4.58. The number of aromatic amines is 1. The molecule has 0 radical (unpaired) electrons. The van der Waals surface area contributed by atoms with Crippen molar-refractivity contribution in [1.82, 2.24) is 19.9 Å². The van der Waals surface area contributed by atoms with Crippen molar-refractivity contribution in [2.24, 2.45) is 0 Å². The number of nitrogens with zero attached hydrogens (tertiary/aromatic N) is 3. The zero-order valence-corrected chi connectivity index (χ0v) is 10.8. The average molecular weight is 261 g/mol. The third kappa shape index (κ3) is 3.77. The van der Waals surface area contributed by atoms with E-state index < -0.39 is 0 Å². The summed E-state index contributed by atoms with van der Waals surface area (Å²) in [4.78, 5) is 26.2. The standard InChI is InChI=1S/C12H15N5O2/c1-3-19-12-5-9(14-7-15-12)13-6-10-16-8(2)4-11(18)17-10/h4-5,7H,3,6H2,1-2H3,(H,13,14,15)(H,16,17,18). The Hall–Kier alpha value is -2.44. The molecule has 2 N–H and O–H groups in total. The van der Waals surface area contributed by atoms with Crippen molar-refractivity contribution in [1.29, 1.82) is 0 Å². The molecular weight excluding hydrogens is 246 g/mol. The van der Waals surface area contributed by atoms with Crippen LogP contribution in [0.5, 0.6) is 5.88 Å². The first-order valence-corrected chi connectivity index (χ1v) is 5.93. The summed E-state index contributed by atoms with van der Waals surface area (Å²) in [5.74, 6) is 1.68. The van der Waals surface area contributed by atoms with Crippen LogP contribution in [0.1, 0.15) is 18.4 Å². The maximum atomic E-state index is 11.3. The summed E-state index contributed by atoms with van der Waals surface area (Å²) in [5.41, 5.74) is 0.514. The first-order chi connectivity index (χ1) is 9.17. The Morgan fingerprint density at radius 2 is 2.21 bits per heavy atom. The lowest BCUT2D eigenvalue weighted by molar-refractivity contribution is 0.326. The Balaban J connectivity index is 2.05. The second-order valence-electron chi connectivity index (χ2n) is 3.86. The maximum Gasteiger partial charge on any atom is 0.251 e. The summed E-state index contributed by atoms with van der Waals surface area (Å²) in [7, 11) is 0. The van der Waals surface area contributed by atoms with Crippen molar-refractivity contribution in [2.75, 3.05) is 11.9 Å².